The Bertz CT molecular complexity index is 724. The third kappa shape index (κ3) is 5.98. The Morgan fingerprint density at radius 1 is 1.19 bits per heavy atom. The van der Waals surface area contributed by atoms with Crippen molar-refractivity contribution < 1.29 is 5.11 Å². The van der Waals surface area contributed by atoms with E-state index in [2.05, 4.69) is 20.7 Å². The average Bonchev–Trinajstić information content (AvgIpc) is 2.83. The Morgan fingerprint density at radius 3 is 2.38 bits per heavy atom. The first kappa shape index (κ1) is 22.4. The van der Waals surface area contributed by atoms with Crippen molar-refractivity contribution in [1.29, 1.82) is 0 Å². The number of hydrogen-bond donors (Lipinski definition) is 3. The van der Waals surface area contributed by atoms with Crippen LogP contribution >= 0.6 is 24.0 Å². The molecule has 144 valence electrons. The monoisotopic (exact) mass is 471 g/mol. The summed E-state index contributed by atoms with van der Waals surface area (Å²) in [4.78, 5) is 4.63. The second-order valence-electron chi connectivity index (χ2n) is 6.28. The van der Waals surface area contributed by atoms with Crippen molar-refractivity contribution in [2.75, 3.05) is 13.1 Å². The van der Waals surface area contributed by atoms with Gasteiger partial charge in [0.05, 0.1) is 18.3 Å². The van der Waals surface area contributed by atoms with Gasteiger partial charge in [0.1, 0.15) is 0 Å². The molecule has 0 saturated heterocycles. The topological polar surface area (TPSA) is 74.5 Å². The van der Waals surface area contributed by atoms with E-state index >= 15 is 0 Å². The van der Waals surface area contributed by atoms with Crippen LogP contribution in [0.15, 0.2) is 29.3 Å². The molecule has 0 aliphatic carbocycles. The van der Waals surface area contributed by atoms with Crippen LogP contribution in [0.5, 0.6) is 0 Å². The number of hydrogen-bond acceptors (Lipinski definition) is 3. The van der Waals surface area contributed by atoms with Gasteiger partial charge in [0, 0.05) is 31.4 Å². The smallest absolute Gasteiger partial charge is 0.191 e. The summed E-state index contributed by atoms with van der Waals surface area (Å²) in [6.45, 7) is 9.82. The average molecular weight is 471 g/mol. The van der Waals surface area contributed by atoms with Crippen LogP contribution in [0, 0.1) is 20.8 Å². The van der Waals surface area contributed by atoms with Crippen molar-refractivity contribution in [1.82, 2.24) is 20.4 Å². The fraction of sp³-hybridized carbons (Fsp3) is 0.474. The number of aliphatic imine (C=N–C) groups is 1. The summed E-state index contributed by atoms with van der Waals surface area (Å²) in [6.07, 6.45) is -0.577. The molecule has 0 saturated carbocycles. The van der Waals surface area contributed by atoms with Crippen LogP contribution in [0.25, 0.3) is 0 Å². The van der Waals surface area contributed by atoms with Crippen LogP contribution in [-0.2, 0) is 13.6 Å². The van der Waals surface area contributed by atoms with Crippen LogP contribution in [0.4, 0.5) is 0 Å². The molecule has 2 aromatic rings. The number of halogens is 1. The van der Waals surface area contributed by atoms with Crippen molar-refractivity contribution >= 4 is 29.9 Å². The van der Waals surface area contributed by atoms with E-state index in [1.165, 1.54) is 5.56 Å². The zero-order valence-electron chi connectivity index (χ0n) is 16.2. The largest absolute Gasteiger partial charge is 0.387 e. The summed E-state index contributed by atoms with van der Waals surface area (Å²) < 4.78 is 1.88. The van der Waals surface area contributed by atoms with Crippen LogP contribution in [0.3, 0.4) is 0 Å². The lowest BCUT2D eigenvalue weighted by atomic mass is 10.1. The molecule has 3 N–H and O–H groups in total. The van der Waals surface area contributed by atoms with Crippen LogP contribution < -0.4 is 10.6 Å². The van der Waals surface area contributed by atoms with Gasteiger partial charge in [-0.1, -0.05) is 29.8 Å². The van der Waals surface area contributed by atoms with E-state index in [1.54, 1.807) is 0 Å². The number of guanidine groups is 1. The summed E-state index contributed by atoms with van der Waals surface area (Å²) in [5.74, 6) is 0.691. The zero-order valence-corrected chi connectivity index (χ0v) is 18.5. The Hall–Kier alpha value is -1.61. The lowest BCUT2D eigenvalue weighted by Gasteiger charge is -2.16. The fourth-order valence-electron chi connectivity index (χ4n) is 2.65. The maximum atomic E-state index is 10.3. The number of aryl methyl sites for hydroxylation is 3. The van der Waals surface area contributed by atoms with Crippen molar-refractivity contribution in [2.45, 2.75) is 40.3 Å². The second kappa shape index (κ2) is 10.5. The van der Waals surface area contributed by atoms with Gasteiger partial charge in [0.15, 0.2) is 5.96 Å². The van der Waals surface area contributed by atoms with Gasteiger partial charge in [0.25, 0.3) is 0 Å². The molecule has 2 rings (SSSR count). The number of nitrogens with zero attached hydrogens (tertiary/aromatic N) is 3. The molecule has 0 fully saturated rings. The predicted octanol–water partition coefficient (Wildman–Crippen LogP) is 2.75. The van der Waals surface area contributed by atoms with Gasteiger partial charge >= 0.3 is 0 Å². The number of rotatable bonds is 6. The minimum absolute atomic E-state index is 0. The van der Waals surface area contributed by atoms with E-state index in [-0.39, 0.29) is 24.0 Å². The number of aromatic nitrogens is 2. The minimum atomic E-state index is -0.577. The van der Waals surface area contributed by atoms with Crippen molar-refractivity contribution in [3.05, 3.63) is 52.3 Å². The quantitative estimate of drug-likeness (QED) is 0.344. The second-order valence-corrected chi connectivity index (χ2v) is 6.28. The van der Waals surface area contributed by atoms with Gasteiger partial charge in [-0.2, -0.15) is 5.10 Å². The van der Waals surface area contributed by atoms with E-state index in [1.807, 2.05) is 63.7 Å². The van der Waals surface area contributed by atoms with Crippen molar-refractivity contribution in [3.63, 3.8) is 0 Å². The van der Waals surface area contributed by atoms with E-state index < -0.39 is 6.10 Å². The Labute approximate surface area is 173 Å². The number of aliphatic hydroxyl groups is 1. The summed E-state index contributed by atoms with van der Waals surface area (Å²) >= 11 is 0. The first-order chi connectivity index (χ1) is 11.9. The van der Waals surface area contributed by atoms with Gasteiger partial charge in [-0.25, -0.2) is 4.99 Å². The lowest BCUT2D eigenvalue weighted by Crippen LogP contribution is -2.39. The predicted molar refractivity (Wildman–Crippen MR) is 117 cm³/mol. The summed E-state index contributed by atoms with van der Waals surface area (Å²) in [5.41, 5.74) is 5.34. The molecule has 0 spiro atoms. The van der Waals surface area contributed by atoms with Crippen molar-refractivity contribution in [2.24, 2.45) is 12.0 Å². The highest BCUT2D eigenvalue weighted by Gasteiger charge is 2.11. The molecule has 0 aliphatic rings. The minimum Gasteiger partial charge on any atom is -0.387 e. The molecule has 0 aliphatic heterocycles. The highest BCUT2D eigenvalue weighted by Crippen LogP contribution is 2.14. The van der Waals surface area contributed by atoms with E-state index in [0.29, 0.717) is 19.0 Å². The molecule has 6 nitrogen and oxygen atoms in total. The first-order valence-electron chi connectivity index (χ1n) is 8.68. The Morgan fingerprint density at radius 2 is 1.85 bits per heavy atom. The maximum absolute atomic E-state index is 10.3. The van der Waals surface area contributed by atoms with Gasteiger partial charge in [-0.05, 0) is 33.3 Å². The molecule has 0 radical (unpaired) electrons. The fourth-order valence-corrected chi connectivity index (χ4v) is 2.65. The molecule has 1 aromatic heterocycles. The molecule has 1 unspecified atom stereocenters. The van der Waals surface area contributed by atoms with E-state index in [0.717, 1.165) is 29.1 Å². The van der Waals surface area contributed by atoms with Crippen molar-refractivity contribution in [3.8, 4) is 0 Å². The van der Waals surface area contributed by atoms with Gasteiger partial charge in [-0.15, -0.1) is 24.0 Å². The third-order valence-corrected chi connectivity index (χ3v) is 4.32. The van der Waals surface area contributed by atoms with Gasteiger partial charge < -0.3 is 15.7 Å². The normalized spacial score (nSPS) is 12.5. The maximum Gasteiger partial charge on any atom is 0.191 e. The molecule has 7 heteroatoms. The molecule has 0 amide bonds. The number of nitrogens with one attached hydrogen (secondary N) is 2. The lowest BCUT2D eigenvalue weighted by molar-refractivity contribution is 0.181. The highest BCUT2D eigenvalue weighted by atomic mass is 127. The number of benzene rings is 1. The number of aliphatic hydroxyl groups excluding tert-OH is 1. The molecule has 1 atom stereocenters. The van der Waals surface area contributed by atoms with Gasteiger partial charge in [-0.3, -0.25) is 4.68 Å². The van der Waals surface area contributed by atoms with E-state index in [9.17, 15) is 5.11 Å². The standard InChI is InChI=1S/C19H29N5O.HI/c1-6-20-19(21-11-17-14(3)23-24(5)15(17)4)22-12-18(25)16-9-7-13(2)8-10-16;/h7-10,18,25H,6,11-12H2,1-5H3,(H2,20,21,22);1H. The van der Waals surface area contributed by atoms with Crippen LogP contribution in [0.2, 0.25) is 0 Å². The third-order valence-electron chi connectivity index (χ3n) is 4.32. The first-order valence-corrected chi connectivity index (χ1v) is 8.68. The zero-order chi connectivity index (χ0) is 18.4. The molecular formula is C19H30IN5O. The van der Waals surface area contributed by atoms with Gasteiger partial charge in [0.2, 0.25) is 0 Å². The van der Waals surface area contributed by atoms with Crippen LogP contribution in [-0.4, -0.2) is 33.9 Å². The molecule has 1 heterocycles. The highest BCUT2D eigenvalue weighted by molar-refractivity contribution is 14.0. The molecule has 1 aromatic carbocycles. The summed E-state index contributed by atoms with van der Waals surface area (Å²) in [6, 6.07) is 7.92. The molecular weight excluding hydrogens is 441 g/mol. The van der Waals surface area contributed by atoms with Crippen LogP contribution in [0.1, 0.15) is 41.1 Å². The Kier molecular flexibility index (Phi) is 9.07. The molecule has 26 heavy (non-hydrogen) atoms. The molecule has 0 bridgehead atoms. The Balaban J connectivity index is 0.00000338. The SMILES string of the molecule is CCNC(=NCc1c(C)nn(C)c1C)NCC(O)c1ccc(C)cc1.I. The van der Waals surface area contributed by atoms with E-state index in [4.69, 9.17) is 0 Å². The summed E-state index contributed by atoms with van der Waals surface area (Å²) in [7, 11) is 1.94. The summed E-state index contributed by atoms with van der Waals surface area (Å²) in [5, 5.41) is 21.2.